The first kappa shape index (κ1) is 17.9. The topological polar surface area (TPSA) is 78.2 Å². The molecule has 0 bridgehead atoms. The molecule has 1 aliphatic carbocycles. The lowest BCUT2D eigenvalue weighted by atomic mass is 9.82. The van der Waals surface area contributed by atoms with Crippen LogP contribution in [0.15, 0.2) is 16.4 Å². The first-order valence-corrected chi connectivity index (χ1v) is 9.18. The van der Waals surface area contributed by atoms with Crippen LogP contribution in [-0.2, 0) is 30.0 Å². The highest BCUT2D eigenvalue weighted by Crippen LogP contribution is 2.27. The van der Waals surface area contributed by atoms with E-state index in [9.17, 15) is 9.59 Å². The largest absolute Gasteiger partial charge is 0.377 e. The van der Waals surface area contributed by atoms with Gasteiger partial charge in [-0.2, -0.15) is 5.10 Å². The molecule has 1 aromatic heterocycles. The van der Waals surface area contributed by atoms with Crippen molar-refractivity contribution in [3.8, 4) is 0 Å². The van der Waals surface area contributed by atoms with Crippen LogP contribution in [0.5, 0.6) is 0 Å². The van der Waals surface area contributed by atoms with Gasteiger partial charge in [0.15, 0.2) is 0 Å². The predicted octanol–water partition coefficient (Wildman–Crippen LogP) is 1.07. The zero-order valence-corrected chi connectivity index (χ0v) is 15.2. The molecule has 25 heavy (non-hydrogen) atoms. The Morgan fingerprint density at radius 1 is 1.36 bits per heavy atom. The van der Waals surface area contributed by atoms with E-state index in [1.807, 2.05) is 6.08 Å². The molecule has 1 fully saturated rings. The molecule has 0 radical (unpaired) electrons. The van der Waals surface area contributed by atoms with E-state index in [1.54, 1.807) is 18.7 Å². The second-order valence-electron chi connectivity index (χ2n) is 7.17. The van der Waals surface area contributed by atoms with Gasteiger partial charge in [0, 0.05) is 33.0 Å². The Kier molecular flexibility index (Phi) is 5.73. The second-order valence-corrected chi connectivity index (χ2v) is 7.17. The monoisotopic (exact) mass is 348 g/mol. The van der Waals surface area contributed by atoms with Gasteiger partial charge in [-0.1, -0.05) is 24.5 Å². The van der Waals surface area contributed by atoms with Gasteiger partial charge in [-0.3, -0.25) is 9.36 Å². The molecule has 2 atom stereocenters. The normalized spacial score (nSPS) is 24.0. The number of nitrogens with one attached hydrogen (secondary N) is 1. The Bertz CT molecular complexity index is 704. The van der Waals surface area contributed by atoms with E-state index in [0.717, 1.165) is 37.9 Å². The van der Waals surface area contributed by atoms with Crippen molar-refractivity contribution in [2.45, 2.75) is 51.0 Å². The summed E-state index contributed by atoms with van der Waals surface area (Å²) in [6.07, 6.45) is 8.43. The smallest absolute Gasteiger partial charge is 0.345 e. The molecule has 1 saturated carbocycles. The van der Waals surface area contributed by atoms with Gasteiger partial charge in [0.25, 0.3) is 0 Å². The Labute approximate surface area is 148 Å². The van der Waals surface area contributed by atoms with Crippen LogP contribution in [0.4, 0.5) is 0 Å². The molecular weight excluding hydrogens is 320 g/mol. The third-order valence-electron chi connectivity index (χ3n) is 5.36. The lowest BCUT2D eigenvalue weighted by Crippen LogP contribution is -2.43. The first-order valence-electron chi connectivity index (χ1n) is 9.18. The minimum atomic E-state index is -0.0992. The standard InChI is InChI=1S/C18H28N4O3/c1-21-16(20-22(2)18(21)24)12-14-5-3-4-6-15(14)19-17(23)11-13-7-9-25-10-8-13/h7,14-15H,3-6,8-12H2,1-2H3,(H,19,23)/t14-,15-/m1/s1. The Morgan fingerprint density at radius 3 is 2.84 bits per heavy atom. The van der Waals surface area contributed by atoms with Crippen LogP contribution in [0.3, 0.4) is 0 Å². The van der Waals surface area contributed by atoms with Crippen molar-refractivity contribution < 1.29 is 9.53 Å². The number of nitrogens with zero attached hydrogens (tertiary/aromatic N) is 3. The maximum absolute atomic E-state index is 12.4. The van der Waals surface area contributed by atoms with Crippen molar-refractivity contribution in [3.05, 3.63) is 28.0 Å². The highest BCUT2D eigenvalue weighted by atomic mass is 16.5. The van der Waals surface area contributed by atoms with Crippen LogP contribution >= 0.6 is 0 Å². The number of aromatic nitrogens is 3. The van der Waals surface area contributed by atoms with Gasteiger partial charge in [-0.25, -0.2) is 9.48 Å². The zero-order valence-electron chi connectivity index (χ0n) is 15.2. The van der Waals surface area contributed by atoms with E-state index >= 15 is 0 Å². The van der Waals surface area contributed by atoms with E-state index in [4.69, 9.17) is 4.74 Å². The molecule has 7 nitrogen and oxygen atoms in total. The quantitative estimate of drug-likeness (QED) is 0.808. The van der Waals surface area contributed by atoms with E-state index in [-0.39, 0.29) is 17.6 Å². The van der Waals surface area contributed by atoms with Gasteiger partial charge in [-0.05, 0) is 25.2 Å². The van der Waals surface area contributed by atoms with Gasteiger partial charge < -0.3 is 10.1 Å². The fourth-order valence-corrected chi connectivity index (χ4v) is 3.85. The minimum Gasteiger partial charge on any atom is -0.377 e. The maximum atomic E-state index is 12.4. The van der Waals surface area contributed by atoms with Gasteiger partial charge in [0.2, 0.25) is 5.91 Å². The number of aryl methyl sites for hydroxylation is 1. The third-order valence-corrected chi connectivity index (χ3v) is 5.36. The van der Waals surface area contributed by atoms with Crippen molar-refractivity contribution in [2.75, 3.05) is 13.2 Å². The molecular formula is C18H28N4O3. The van der Waals surface area contributed by atoms with Crippen LogP contribution in [-0.4, -0.2) is 39.5 Å². The summed E-state index contributed by atoms with van der Waals surface area (Å²) in [5.41, 5.74) is 1.07. The molecule has 2 aliphatic rings. The second kappa shape index (κ2) is 7.99. The Morgan fingerprint density at radius 2 is 2.16 bits per heavy atom. The maximum Gasteiger partial charge on any atom is 0.345 e. The minimum absolute atomic E-state index is 0.0972. The van der Waals surface area contributed by atoms with E-state index in [0.29, 0.717) is 25.6 Å². The summed E-state index contributed by atoms with van der Waals surface area (Å²) in [4.78, 5) is 24.3. The number of carbonyl (C=O) groups excluding carboxylic acids is 1. The fraction of sp³-hybridized carbons (Fsp3) is 0.722. The summed E-state index contributed by atoms with van der Waals surface area (Å²) in [5, 5.41) is 7.58. The van der Waals surface area contributed by atoms with E-state index < -0.39 is 0 Å². The molecule has 1 aromatic rings. The summed E-state index contributed by atoms with van der Waals surface area (Å²) in [6.45, 7) is 1.32. The lowest BCUT2D eigenvalue weighted by molar-refractivity contribution is -0.121. The summed E-state index contributed by atoms with van der Waals surface area (Å²) in [7, 11) is 3.44. The number of ether oxygens (including phenoxy) is 1. The van der Waals surface area contributed by atoms with Crippen LogP contribution in [0, 0.1) is 5.92 Å². The summed E-state index contributed by atoms with van der Waals surface area (Å²) >= 11 is 0. The van der Waals surface area contributed by atoms with E-state index in [2.05, 4.69) is 10.4 Å². The predicted molar refractivity (Wildman–Crippen MR) is 94.2 cm³/mol. The van der Waals surface area contributed by atoms with Crippen molar-refractivity contribution in [3.63, 3.8) is 0 Å². The average Bonchev–Trinajstić information content (AvgIpc) is 2.84. The number of hydrogen-bond donors (Lipinski definition) is 1. The molecule has 0 saturated heterocycles. The van der Waals surface area contributed by atoms with Crippen molar-refractivity contribution >= 4 is 5.91 Å². The molecule has 1 N–H and O–H groups in total. The molecule has 3 rings (SSSR count). The van der Waals surface area contributed by atoms with Crippen LogP contribution in [0.1, 0.15) is 44.3 Å². The van der Waals surface area contributed by atoms with Crippen molar-refractivity contribution in [1.82, 2.24) is 19.7 Å². The van der Waals surface area contributed by atoms with Gasteiger partial charge >= 0.3 is 5.69 Å². The molecule has 0 spiro atoms. The zero-order chi connectivity index (χ0) is 17.8. The van der Waals surface area contributed by atoms with Gasteiger partial charge in [0.1, 0.15) is 5.82 Å². The fourth-order valence-electron chi connectivity index (χ4n) is 3.85. The van der Waals surface area contributed by atoms with Crippen molar-refractivity contribution in [1.29, 1.82) is 0 Å². The third kappa shape index (κ3) is 4.39. The molecule has 0 aromatic carbocycles. The van der Waals surface area contributed by atoms with Crippen molar-refractivity contribution in [2.24, 2.45) is 20.0 Å². The average molecular weight is 348 g/mol. The summed E-state index contributed by atoms with van der Waals surface area (Å²) in [6, 6.07) is 0.166. The lowest BCUT2D eigenvalue weighted by Gasteiger charge is -2.32. The van der Waals surface area contributed by atoms with Crippen LogP contribution < -0.4 is 11.0 Å². The van der Waals surface area contributed by atoms with Gasteiger partial charge in [-0.15, -0.1) is 0 Å². The molecule has 1 aliphatic heterocycles. The van der Waals surface area contributed by atoms with Crippen LogP contribution in [0.25, 0.3) is 0 Å². The molecule has 0 unspecified atom stereocenters. The number of rotatable bonds is 5. The Hall–Kier alpha value is -1.89. The van der Waals surface area contributed by atoms with E-state index in [1.165, 1.54) is 16.7 Å². The molecule has 7 heteroatoms. The first-order chi connectivity index (χ1) is 12.0. The SMILES string of the molecule is Cn1nc(C[C@H]2CCCC[C@H]2NC(=O)CC2=CCOCC2)n(C)c1=O. The molecule has 138 valence electrons. The Balaban J connectivity index is 1.62. The number of hydrogen-bond acceptors (Lipinski definition) is 4. The molecule has 1 amide bonds. The highest BCUT2D eigenvalue weighted by Gasteiger charge is 2.28. The number of amides is 1. The van der Waals surface area contributed by atoms with Gasteiger partial charge in [0.05, 0.1) is 13.2 Å². The number of carbonyl (C=O) groups is 1. The summed E-state index contributed by atoms with van der Waals surface area (Å²) in [5.74, 6) is 1.23. The van der Waals surface area contributed by atoms with Crippen LogP contribution in [0.2, 0.25) is 0 Å². The highest BCUT2D eigenvalue weighted by molar-refractivity contribution is 5.78. The molecule has 2 heterocycles. The summed E-state index contributed by atoms with van der Waals surface area (Å²) < 4.78 is 8.28.